The zero-order valence-corrected chi connectivity index (χ0v) is 19.0. The van der Waals surface area contributed by atoms with Gasteiger partial charge in [0, 0.05) is 36.6 Å². The van der Waals surface area contributed by atoms with Crippen molar-refractivity contribution in [2.45, 2.75) is 36.5 Å². The van der Waals surface area contributed by atoms with Crippen LogP contribution in [0.3, 0.4) is 0 Å². The Labute approximate surface area is 167 Å². The second-order valence-electron chi connectivity index (χ2n) is 7.25. The number of primary sulfonamides is 1. The molecule has 0 aliphatic carbocycles. The number of sulfonamides is 1. The van der Waals surface area contributed by atoms with E-state index in [1.807, 2.05) is 5.38 Å². The molecule has 0 aliphatic rings. The first-order valence-corrected chi connectivity index (χ1v) is 14.9. The van der Waals surface area contributed by atoms with E-state index in [2.05, 4.69) is 39.9 Å². The highest BCUT2D eigenvalue weighted by Crippen LogP contribution is 2.34. The first kappa shape index (κ1) is 21.6. The molecule has 1 heterocycles. The maximum Gasteiger partial charge on any atom is 0.240 e. The lowest BCUT2D eigenvalue weighted by Crippen LogP contribution is -2.22. The molecule has 1 atom stereocenters. The number of ether oxygens (including phenoxy) is 1. The largest absolute Gasteiger partial charge is 0.381 e. The summed E-state index contributed by atoms with van der Waals surface area (Å²) < 4.78 is 47.9. The molecule has 2 N–H and O–H groups in total. The fourth-order valence-corrected chi connectivity index (χ4v) is 4.92. The van der Waals surface area contributed by atoms with E-state index in [1.54, 1.807) is 6.20 Å². The molecule has 1 aromatic heterocycles. The van der Waals surface area contributed by atoms with Crippen molar-refractivity contribution in [1.29, 1.82) is 0 Å². The molecule has 26 heavy (non-hydrogen) atoms. The minimum absolute atomic E-state index is 0.272. The summed E-state index contributed by atoms with van der Waals surface area (Å²) in [7, 11) is -5.38. The lowest BCUT2D eigenvalue weighted by atomic mass is 9.94. The number of benzene rings is 1. The van der Waals surface area contributed by atoms with Crippen LogP contribution in [-0.4, -0.2) is 34.1 Å². The van der Waals surface area contributed by atoms with Crippen molar-refractivity contribution in [2.75, 3.05) is 13.2 Å². The van der Waals surface area contributed by atoms with Gasteiger partial charge in [0.15, 0.2) is 0 Å². The van der Waals surface area contributed by atoms with E-state index in [4.69, 9.17) is 9.88 Å². The Balaban J connectivity index is 2.34. The van der Waals surface area contributed by atoms with E-state index >= 15 is 0 Å². The normalized spacial score (nSPS) is 13.8. The van der Waals surface area contributed by atoms with Gasteiger partial charge in [-0.25, -0.2) is 22.3 Å². The van der Waals surface area contributed by atoms with Crippen LogP contribution in [0.4, 0.5) is 4.39 Å². The van der Waals surface area contributed by atoms with Gasteiger partial charge in [0.05, 0.1) is 6.61 Å². The molecule has 0 saturated heterocycles. The van der Waals surface area contributed by atoms with Gasteiger partial charge in [-0.2, -0.15) is 0 Å². The van der Waals surface area contributed by atoms with Crippen LogP contribution >= 0.6 is 27.5 Å². The molecule has 0 spiro atoms. The predicted molar refractivity (Wildman–Crippen MR) is 108 cm³/mol. The van der Waals surface area contributed by atoms with Crippen LogP contribution in [0.25, 0.3) is 0 Å². The van der Waals surface area contributed by atoms with Gasteiger partial charge >= 0.3 is 0 Å². The molecule has 1 unspecified atom stereocenters. The molecule has 0 fully saturated rings. The molecular weight excluding hydrogens is 459 g/mol. The summed E-state index contributed by atoms with van der Waals surface area (Å²) in [5.74, 6) is -1.16. The fraction of sp³-hybridized carbons (Fsp3) is 0.438. The van der Waals surface area contributed by atoms with E-state index in [-0.39, 0.29) is 5.92 Å². The molecule has 0 radical (unpaired) electrons. The first-order valence-electron chi connectivity index (χ1n) is 7.98. The third-order valence-electron chi connectivity index (χ3n) is 3.87. The van der Waals surface area contributed by atoms with Gasteiger partial charge in [-0.05, 0) is 40.8 Å². The van der Waals surface area contributed by atoms with E-state index in [1.165, 1.54) is 17.6 Å². The van der Waals surface area contributed by atoms with Crippen LogP contribution in [0.2, 0.25) is 25.7 Å². The zero-order chi connectivity index (χ0) is 19.5. The van der Waals surface area contributed by atoms with Crippen LogP contribution in [0.1, 0.15) is 17.0 Å². The van der Waals surface area contributed by atoms with Gasteiger partial charge in [0.1, 0.15) is 10.7 Å². The monoisotopic (exact) mass is 480 g/mol. The second-order valence-corrected chi connectivity index (χ2v) is 15.9. The van der Waals surface area contributed by atoms with Crippen molar-refractivity contribution in [3.63, 3.8) is 0 Å². The number of hydrogen-bond acceptors (Lipinski definition) is 5. The number of hydrogen-bond donors (Lipinski definition) is 1. The van der Waals surface area contributed by atoms with Crippen molar-refractivity contribution in [1.82, 2.24) is 4.37 Å². The Morgan fingerprint density at radius 1 is 1.38 bits per heavy atom. The molecule has 0 bridgehead atoms. The average molecular weight is 481 g/mol. The molecule has 144 valence electrons. The fourth-order valence-electron chi connectivity index (χ4n) is 2.36. The summed E-state index contributed by atoms with van der Waals surface area (Å²) in [6.45, 7) is 7.78. The van der Waals surface area contributed by atoms with Crippen molar-refractivity contribution >= 4 is 45.6 Å². The van der Waals surface area contributed by atoms with Crippen LogP contribution < -0.4 is 5.14 Å². The average Bonchev–Trinajstić information content (AvgIpc) is 3.00. The molecule has 0 saturated carbocycles. The first-order chi connectivity index (χ1) is 12.0. The maximum absolute atomic E-state index is 14.0. The summed E-state index contributed by atoms with van der Waals surface area (Å²) in [4.78, 5) is -0.522. The number of halogens is 2. The smallest absolute Gasteiger partial charge is 0.240 e. The number of aromatic nitrogens is 1. The topological polar surface area (TPSA) is 82.3 Å². The Kier molecular flexibility index (Phi) is 7.14. The zero-order valence-electron chi connectivity index (χ0n) is 14.8. The summed E-state index contributed by atoms with van der Waals surface area (Å²) in [5.41, 5.74) is 1.49. The third kappa shape index (κ3) is 5.93. The summed E-state index contributed by atoms with van der Waals surface area (Å²) in [6, 6.07) is 3.43. The predicted octanol–water partition coefficient (Wildman–Crippen LogP) is 4.18. The number of nitrogens with zero attached hydrogens (tertiary/aromatic N) is 1. The molecule has 0 amide bonds. The third-order valence-corrected chi connectivity index (χ3v) is 7.79. The van der Waals surface area contributed by atoms with Crippen LogP contribution in [0.15, 0.2) is 33.1 Å². The SMILES string of the molecule is C[Si](C)(C)CCOCC(c1cnsc1)c1cc(S(N)(=O)=O)c(F)cc1Br. The van der Waals surface area contributed by atoms with Gasteiger partial charge < -0.3 is 4.74 Å². The minimum Gasteiger partial charge on any atom is -0.381 e. The van der Waals surface area contributed by atoms with Crippen molar-refractivity contribution in [2.24, 2.45) is 5.14 Å². The Bertz CT molecular complexity index is 855. The summed E-state index contributed by atoms with van der Waals surface area (Å²) in [6.07, 6.45) is 1.71. The van der Waals surface area contributed by atoms with Crippen LogP contribution in [-0.2, 0) is 14.8 Å². The van der Waals surface area contributed by atoms with Crippen molar-refractivity contribution in [3.05, 3.63) is 45.1 Å². The van der Waals surface area contributed by atoms with Gasteiger partial charge in [0.2, 0.25) is 10.0 Å². The van der Waals surface area contributed by atoms with Crippen LogP contribution in [0, 0.1) is 5.82 Å². The van der Waals surface area contributed by atoms with Crippen molar-refractivity contribution < 1.29 is 17.5 Å². The minimum atomic E-state index is -4.16. The number of nitrogens with two attached hydrogens (primary N) is 1. The Morgan fingerprint density at radius 2 is 2.08 bits per heavy atom. The Hall–Kier alpha value is -0.653. The van der Waals surface area contributed by atoms with Crippen molar-refractivity contribution in [3.8, 4) is 0 Å². The van der Waals surface area contributed by atoms with Gasteiger partial charge in [-0.1, -0.05) is 35.6 Å². The molecule has 1 aromatic carbocycles. The van der Waals surface area contributed by atoms with Crippen LogP contribution in [0.5, 0.6) is 0 Å². The standard InChI is InChI=1S/C16H22BrFN2O3S2Si/c1-26(2,3)5-4-23-9-13(11-8-20-24-10-11)12-6-16(25(19,21)22)15(18)7-14(12)17/h6-8,10,13H,4-5,9H2,1-3H3,(H2,19,21,22). The second kappa shape index (κ2) is 8.57. The molecule has 2 rings (SSSR count). The van der Waals surface area contributed by atoms with E-state index in [0.29, 0.717) is 23.2 Å². The maximum atomic E-state index is 14.0. The van der Waals surface area contributed by atoms with Gasteiger partial charge in [-0.3, -0.25) is 0 Å². The highest BCUT2D eigenvalue weighted by molar-refractivity contribution is 9.10. The van der Waals surface area contributed by atoms with Gasteiger partial charge in [-0.15, -0.1) is 0 Å². The quantitative estimate of drug-likeness (QED) is 0.453. The summed E-state index contributed by atoms with van der Waals surface area (Å²) in [5, 5.41) is 7.02. The highest BCUT2D eigenvalue weighted by Gasteiger charge is 2.24. The Morgan fingerprint density at radius 3 is 2.62 bits per heavy atom. The van der Waals surface area contributed by atoms with E-state index in [9.17, 15) is 12.8 Å². The summed E-state index contributed by atoms with van der Waals surface area (Å²) >= 11 is 4.63. The van der Waals surface area contributed by atoms with E-state index in [0.717, 1.165) is 17.7 Å². The molecule has 10 heteroatoms. The highest BCUT2D eigenvalue weighted by atomic mass is 79.9. The lowest BCUT2D eigenvalue weighted by Gasteiger charge is -2.21. The lowest BCUT2D eigenvalue weighted by molar-refractivity contribution is 0.139. The molecular formula is C16H22BrFN2O3S2Si. The number of rotatable bonds is 8. The molecule has 0 aliphatic heterocycles. The molecule has 5 nitrogen and oxygen atoms in total. The molecule has 2 aromatic rings. The van der Waals surface area contributed by atoms with E-state index < -0.39 is 28.8 Å². The van der Waals surface area contributed by atoms with Gasteiger partial charge in [0.25, 0.3) is 0 Å².